The zero-order valence-electron chi connectivity index (χ0n) is 15.6. The highest BCUT2D eigenvalue weighted by Gasteiger charge is 2.10. The third-order valence-electron chi connectivity index (χ3n) is 4.03. The van der Waals surface area contributed by atoms with Crippen LogP contribution in [0.1, 0.15) is 24.5 Å². The Hall–Kier alpha value is -3.75. The number of aromatic nitrogens is 4. The highest BCUT2D eigenvalue weighted by atomic mass is 16.2. The molecule has 1 aromatic carbocycles. The Labute approximate surface area is 162 Å². The number of nitrogens with one attached hydrogen (secondary N) is 3. The highest BCUT2D eigenvalue weighted by molar-refractivity contribution is 5.94. The Kier molecular flexibility index (Phi) is 5.95. The van der Waals surface area contributed by atoms with E-state index in [1.54, 1.807) is 42.3 Å². The fourth-order valence-electron chi connectivity index (χ4n) is 2.52. The summed E-state index contributed by atoms with van der Waals surface area (Å²) in [5, 5.41) is 12.5. The van der Waals surface area contributed by atoms with Crippen molar-refractivity contribution in [3.05, 3.63) is 60.3 Å². The summed E-state index contributed by atoms with van der Waals surface area (Å²) in [7, 11) is 0. The van der Waals surface area contributed by atoms with Crippen molar-refractivity contribution in [1.82, 2.24) is 25.1 Å². The van der Waals surface area contributed by atoms with Crippen LogP contribution in [0.3, 0.4) is 0 Å². The van der Waals surface area contributed by atoms with Gasteiger partial charge in [0.1, 0.15) is 12.7 Å². The molecule has 9 nitrogen and oxygen atoms in total. The van der Waals surface area contributed by atoms with E-state index in [2.05, 4.69) is 31.0 Å². The predicted molar refractivity (Wildman–Crippen MR) is 105 cm³/mol. The summed E-state index contributed by atoms with van der Waals surface area (Å²) in [4.78, 5) is 32.1. The number of aryl methyl sites for hydroxylation is 1. The lowest BCUT2D eigenvalue weighted by molar-refractivity contribution is -0.115. The van der Waals surface area contributed by atoms with E-state index in [1.165, 1.54) is 6.33 Å². The van der Waals surface area contributed by atoms with Gasteiger partial charge < -0.3 is 16.0 Å². The summed E-state index contributed by atoms with van der Waals surface area (Å²) >= 11 is 0. The fourth-order valence-corrected chi connectivity index (χ4v) is 2.52. The van der Waals surface area contributed by atoms with Crippen LogP contribution in [0.25, 0.3) is 5.82 Å². The molecular weight excluding hydrogens is 358 g/mol. The molecule has 0 bridgehead atoms. The molecule has 3 amide bonds. The molecular formula is C19H21N7O2. The Bertz CT molecular complexity index is 970. The third-order valence-corrected chi connectivity index (χ3v) is 4.03. The van der Waals surface area contributed by atoms with Crippen LogP contribution in [-0.2, 0) is 11.3 Å². The van der Waals surface area contributed by atoms with Crippen molar-refractivity contribution >= 4 is 23.3 Å². The van der Waals surface area contributed by atoms with Crippen LogP contribution in [0, 0.1) is 6.92 Å². The lowest BCUT2D eigenvalue weighted by Gasteiger charge is -2.13. The minimum Gasteiger partial charge on any atom is -0.334 e. The number of hydrogen-bond donors (Lipinski definition) is 3. The molecule has 144 valence electrons. The first kappa shape index (κ1) is 19.0. The molecule has 0 aliphatic rings. The molecule has 3 aromatic rings. The first-order valence-corrected chi connectivity index (χ1v) is 8.81. The van der Waals surface area contributed by atoms with E-state index in [4.69, 9.17) is 0 Å². The largest absolute Gasteiger partial charge is 0.334 e. The summed E-state index contributed by atoms with van der Waals surface area (Å²) in [6.07, 6.45) is 5.01. The second kappa shape index (κ2) is 8.76. The number of amides is 3. The normalized spacial score (nSPS) is 10.4. The van der Waals surface area contributed by atoms with Gasteiger partial charge in [0.15, 0.2) is 5.82 Å². The van der Waals surface area contributed by atoms with Gasteiger partial charge in [-0.3, -0.25) is 4.79 Å². The van der Waals surface area contributed by atoms with Crippen molar-refractivity contribution < 1.29 is 9.59 Å². The van der Waals surface area contributed by atoms with Gasteiger partial charge in [0.25, 0.3) is 0 Å². The van der Waals surface area contributed by atoms with Crippen molar-refractivity contribution in [3.8, 4) is 5.82 Å². The average Bonchev–Trinajstić information content (AvgIpc) is 3.23. The van der Waals surface area contributed by atoms with E-state index in [1.807, 2.05) is 19.1 Å². The van der Waals surface area contributed by atoms with E-state index in [9.17, 15) is 9.59 Å². The standard InChI is InChI=1S/C19H21N7O2/c1-3-17(27)24-15-7-6-13(2)16(9-15)25-19(28)22-10-14-5-4-8-21-18(14)26-12-20-11-23-26/h4-9,11-12H,3,10H2,1-2H3,(H,24,27)(H2,22,25,28). The topological polar surface area (TPSA) is 114 Å². The van der Waals surface area contributed by atoms with Crippen LogP contribution in [0.5, 0.6) is 0 Å². The van der Waals surface area contributed by atoms with Gasteiger partial charge in [-0.15, -0.1) is 0 Å². The second-order valence-electron chi connectivity index (χ2n) is 6.07. The predicted octanol–water partition coefficient (Wildman–Crippen LogP) is 2.64. The monoisotopic (exact) mass is 379 g/mol. The average molecular weight is 379 g/mol. The molecule has 9 heteroatoms. The van der Waals surface area contributed by atoms with Gasteiger partial charge >= 0.3 is 6.03 Å². The number of nitrogens with zero attached hydrogens (tertiary/aromatic N) is 4. The summed E-state index contributed by atoms with van der Waals surface area (Å²) in [6, 6.07) is 8.65. The number of anilines is 2. The molecule has 0 atom stereocenters. The van der Waals surface area contributed by atoms with Crippen molar-refractivity contribution in [3.63, 3.8) is 0 Å². The van der Waals surface area contributed by atoms with Gasteiger partial charge in [-0.25, -0.2) is 19.4 Å². The maximum absolute atomic E-state index is 12.4. The van der Waals surface area contributed by atoms with Crippen molar-refractivity contribution in [2.24, 2.45) is 0 Å². The zero-order chi connectivity index (χ0) is 19.9. The summed E-state index contributed by atoms with van der Waals surface area (Å²) < 4.78 is 1.54. The van der Waals surface area contributed by atoms with Gasteiger partial charge in [0.2, 0.25) is 5.91 Å². The number of carbonyl (C=O) groups is 2. The van der Waals surface area contributed by atoms with Gasteiger partial charge in [0.05, 0.1) is 0 Å². The summed E-state index contributed by atoms with van der Waals surface area (Å²) in [5.74, 6) is 0.511. The SMILES string of the molecule is CCC(=O)Nc1ccc(C)c(NC(=O)NCc2cccnc2-n2cncn2)c1. The smallest absolute Gasteiger partial charge is 0.319 e. The Morgan fingerprint density at radius 1 is 1.18 bits per heavy atom. The van der Waals surface area contributed by atoms with Crippen LogP contribution in [-0.4, -0.2) is 31.7 Å². The van der Waals surface area contributed by atoms with Gasteiger partial charge in [-0.05, 0) is 30.7 Å². The summed E-state index contributed by atoms with van der Waals surface area (Å²) in [5.41, 5.74) is 2.93. The maximum atomic E-state index is 12.4. The Morgan fingerprint density at radius 2 is 2.04 bits per heavy atom. The van der Waals surface area contributed by atoms with Crippen LogP contribution >= 0.6 is 0 Å². The van der Waals surface area contributed by atoms with E-state index in [0.29, 0.717) is 23.6 Å². The quantitative estimate of drug-likeness (QED) is 0.609. The molecule has 0 fully saturated rings. The fraction of sp³-hybridized carbons (Fsp3) is 0.211. The molecule has 0 unspecified atom stereocenters. The van der Waals surface area contributed by atoms with Crippen LogP contribution in [0.2, 0.25) is 0 Å². The number of hydrogen-bond acceptors (Lipinski definition) is 5. The van der Waals surface area contributed by atoms with Crippen molar-refractivity contribution in [2.75, 3.05) is 10.6 Å². The number of carbonyl (C=O) groups excluding carboxylic acids is 2. The molecule has 0 aliphatic heterocycles. The first-order chi connectivity index (χ1) is 13.6. The molecule has 0 spiro atoms. The van der Waals surface area contributed by atoms with Gasteiger partial charge in [-0.2, -0.15) is 5.10 Å². The molecule has 0 radical (unpaired) electrons. The van der Waals surface area contributed by atoms with Crippen LogP contribution in [0.15, 0.2) is 49.2 Å². The van der Waals surface area contributed by atoms with E-state index < -0.39 is 0 Å². The zero-order valence-corrected chi connectivity index (χ0v) is 15.6. The number of rotatable bonds is 6. The van der Waals surface area contributed by atoms with Crippen LogP contribution in [0.4, 0.5) is 16.2 Å². The minimum atomic E-state index is -0.365. The Balaban J connectivity index is 1.66. The van der Waals surface area contributed by atoms with Gasteiger partial charge in [-0.1, -0.05) is 19.1 Å². The van der Waals surface area contributed by atoms with E-state index in [0.717, 1.165) is 11.1 Å². The second-order valence-corrected chi connectivity index (χ2v) is 6.07. The molecule has 0 aliphatic carbocycles. The number of urea groups is 1. The van der Waals surface area contributed by atoms with Crippen molar-refractivity contribution in [2.45, 2.75) is 26.8 Å². The Morgan fingerprint density at radius 3 is 2.79 bits per heavy atom. The van der Waals surface area contributed by atoms with Gasteiger partial charge in [0, 0.05) is 36.1 Å². The summed E-state index contributed by atoms with van der Waals surface area (Å²) in [6.45, 7) is 3.92. The molecule has 2 aromatic heterocycles. The minimum absolute atomic E-state index is 0.0866. The lowest BCUT2D eigenvalue weighted by Crippen LogP contribution is -2.29. The van der Waals surface area contributed by atoms with E-state index in [-0.39, 0.29) is 18.5 Å². The number of pyridine rings is 1. The van der Waals surface area contributed by atoms with Crippen molar-refractivity contribution in [1.29, 1.82) is 0 Å². The molecule has 28 heavy (non-hydrogen) atoms. The highest BCUT2D eigenvalue weighted by Crippen LogP contribution is 2.20. The molecule has 3 N–H and O–H groups in total. The molecule has 2 heterocycles. The number of benzene rings is 1. The molecule has 3 rings (SSSR count). The maximum Gasteiger partial charge on any atom is 0.319 e. The lowest BCUT2D eigenvalue weighted by atomic mass is 10.1. The first-order valence-electron chi connectivity index (χ1n) is 8.81. The molecule has 0 saturated heterocycles. The van der Waals surface area contributed by atoms with E-state index >= 15 is 0 Å². The van der Waals surface area contributed by atoms with Crippen LogP contribution < -0.4 is 16.0 Å². The molecule has 0 saturated carbocycles. The third kappa shape index (κ3) is 4.70.